The van der Waals surface area contributed by atoms with E-state index in [-0.39, 0.29) is 23.1 Å². The third kappa shape index (κ3) is 5.57. The van der Waals surface area contributed by atoms with Crippen LogP contribution in [0.5, 0.6) is 0 Å². The fourth-order valence-corrected chi connectivity index (χ4v) is 3.82. The van der Waals surface area contributed by atoms with Gasteiger partial charge in [0.1, 0.15) is 6.61 Å². The Morgan fingerprint density at radius 2 is 1.88 bits per heavy atom. The summed E-state index contributed by atoms with van der Waals surface area (Å²) in [6.07, 6.45) is 0. The number of rotatable bonds is 7. The number of halogens is 2. The highest BCUT2D eigenvalue weighted by molar-refractivity contribution is 9.10. The summed E-state index contributed by atoms with van der Waals surface area (Å²) in [5.74, 6) is -0.618. The van der Waals surface area contributed by atoms with Crippen LogP contribution in [0.15, 0.2) is 57.9 Å². The molecule has 0 unspecified atom stereocenters. The van der Waals surface area contributed by atoms with Crippen LogP contribution in [0.2, 0.25) is 5.02 Å². The molecule has 2 aromatic carbocycles. The van der Waals surface area contributed by atoms with Gasteiger partial charge in [0.15, 0.2) is 0 Å². The van der Waals surface area contributed by atoms with E-state index >= 15 is 0 Å². The first-order valence-electron chi connectivity index (χ1n) is 6.76. The first-order valence-corrected chi connectivity index (χ1v) is 9.41. The Labute approximate surface area is 153 Å². The predicted molar refractivity (Wildman–Crippen MR) is 93.7 cm³/mol. The summed E-state index contributed by atoms with van der Waals surface area (Å²) >= 11 is 8.92. The molecule has 0 atom stereocenters. The van der Waals surface area contributed by atoms with Gasteiger partial charge in [-0.25, -0.2) is 8.42 Å². The fraction of sp³-hybridized carbons (Fsp3) is 0.133. The molecule has 2 aromatic rings. The van der Waals surface area contributed by atoms with E-state index in [1.165, 1.54) is 12.1 Å². The van der Waals surface area contributed by atoms with Crippen molar-refractivity contribution in [3.63, 3.8) is 0 Å². The molecule has 24 heavy (non-hydrogen) atoms. The lowest BCUT2D eigenvalue weighted by molar-refractivity contribution is -0.126. The molecule has 0 aliphatic rings. The SMILES string of the molecule is O=C(COCc1ccccc1)NNS(=O)(=O)c1cc(Cl)ccc1Br. The second-order valence-electron chi connectivity index (χ2n) is 4.71. The summed E-state index contributed by atoms with van der Waals surface area (Å²) in [6, 6.07) is 13.6. The third-order valence-corrected chi connectivity index (χ3v) is 5.33. The van der Waals surface area contributed by atoms with Crippen molar-refractivity contribution in [2.75, 3.05) is 6.61 Å². The molecule has 0 aromatic heterocycles. The number of hydrogen-bond acceptors (Lipinski definition) is 4. The van der Waals surface area contributed by atoms with E-state index in [2.05, 4.69) is 21.4 Å². The van der Waals surface area contributed by atoms with Crippen LogP contribution >= 0.6 is 27.5 Å². The van der Waals surface area contributed by atoms with Gasteiger partial charge in [0.25, 0.3) is 15.9 Å². The molecule has 0 radical (unpaired) electrons. The average molecular weight is 434 g/mol. The van der Waals surface area contributed by atoms with Gasteiger partial charge in [0, 0.05) is 9.50 Å². The number of amides is 1. The van der Waals surface area contributed by atoms with Crippen molar-refractivity contribution < 1.29 is 17.9 Å². The zero-order valence-electron chi connectivity index (χ0n) is 12.3. The summed E-state index contributed by atoms with van der Waals surface area (Å²) < 4.78 is 29.8. The lowest BCUT2D eigenvalue weighted by Crippen LogP contribution is -2.43. The largest absolute Gasteiger partial charge is 0.367 e. The monoisotopic (exact) mass is 432 g/mol. The molecule has 0 aliphatic heterocycles. The lowest BCUT2D eigenvalue weighted by Gasteiger charge is -2.10. The number of hydrogen-bond donors (Lipinski definition) is 2. The van der Waals surface area contributed by atoms with E-state index in [4.69, 9.17) is 16.3 Å². The van der Waals surface area contributed by atoms with Crippen LogP contribution in [0.4, 0.5) is 0 Å². The van der Waals surface area contributed by atoms with Crippen LogP contribution in [0.25, 0.3) is 0 Å². The van der Waals surface area contributed by atoms with Crippen LogP contribution < -0.4 is 10.3 Å². The zero-order valence-corrected chi connectivity index (χ0v) is 15.5. The summed E-state index contributed by atoms with van der Waals surface area (Å²) in [4.78, 5) is 13.6. The van der Waals surface area contributed by atoms with Crippen molar-refractivity contribution in [3.8, 4) is 0 Å². The molecule has 2 rings (SSSR count). The Balaban J connectivity index is 1.85. The third-order valence-electron chi connectivity index (χ3n) is 2.85. The van der Waals surface area contributed by atoms with Crippen LogP contribution in [-0.2, 0) is 26.2 Å². The predicted octanol–water partition coefficient (Wildman–Crippen LogP) is 2.63. The Morgan fingerprint density at radius 3 is 2.58 bits per heavy atom. The lowest BCUT2D eigenvalue weighted by atomic mass is 10.2. The molecule has 0 heterocycles. The second-order valence-corrected chi connectivity index (χ2v) is 7.65. The molecular formula is C15H14BrClN2O4S. The number of benzene rings is 2. The van der Waals surface area contributed by atoms with Crippen molar-refractivity contribution >= 4 is 43.5 Å². The number of hydrazine groups is 1. The fourth-order valence-electron chi connectivity index (χ4n) is 1.73. The Morgan fingerprint density at radius 1 is 1.17 bits per heavy atom. The summed E-state index contributed by atoms with van der Waals surface area (Å²) in [5, 5.41) is 0.260. The van der Waals surface area contributed by atoms with Gasteiger partial charge >= 0.3 is 0 Å². The van der Waals surface area contributed by atoms with Gasteiger partial charge < -0.3 is 4.74 Å². The summed E-state index contributed by atoms with van der Waals surface area (Å²) in [7, 11) is -3.95. The minimum absolute atomic E-state index is 0.0829. The maximum atomic E-state index is 12.1. The van der Waals surface area contributed by atoms with Crippen LogP contribution in [0.3, 0.4) is 0 Å². The van der Waals surface area contributed by atoms with E-state index in [0.717, 1.165) is 5.56 Å². The Bertz CT molecular complexity index is 815. The van der Waals surface area contributed by atoms with Crippen LogP contribution in [-0.4, -0.2) is 20.9 Å². The molecule has 0 aliphatic carbocycles. The first-order chi connectivity index (χ1) is 11.4. The van der Waals surface area contributed by atoms with Gasteiger partial charge in [-0.2, -0.15) is 0 Å². The van der Waals surface area contributed by atoms with Gasteiger partial charge in [-0.3, -0.25) is 10.2 Å². The smallest absolute Gasteiger partial charge is 0.260 e. The maximum absolute atomic E-state index is 12.1. The molecule has 0 saturated heterocycles. The average Bonchev–Trinajstić information content (AvgIpc) is 2.56. The van der Waals surface area contributed by atoms with E-state index in [1.54, 1.807) is 6.07 Å². The summed E-state index contributed by atoms with van der Waals surface area (Å²) in [5.41, 5.74) is 3.00. The zero-order chi connectivity index (χ0) is 17.6. The topological polar surface area (TPSA) is 84.5 Å². The highest BCUT2D eigenvalue weighted by Crippen LogP contribution is 2.24. The number of nitrogens with one attached hydrogen (secondary N) is 2. The van der Waals surface area contributed by atoms with Crippen molar-refractivity contribution in [1.82, 2.24) is 10.3 Å². The van der Waals surface area contributed by atoms with E-state index in [0.29, 0.717) is 4.47 Å². The highest BCUT2D eigenvalue weighted by atomic mass is 79.9. The molecule has 0 fully saturated rings. The Hall–Kier alpha value is -1.45. The minimum atomic E-state index is -3.95. The van der Waals surface area contributed by atoms with Crippen molar-refractivity contribution in [2.45, 2.75) is 11.5 Å². The van der Waals surface area contributed by atoms with Gasteiger partial charge in [0.05, 0.1) is 11.5 Å². The minimum Gasteiger partial charge on any atom is -0.367 e. The molecular weight excluding hydrogens is 420 g/mol. The first kappa shape index (κ1) is 18.9. The molecule has 6 nitrogen and oxygen atoms in total. The normalized spacial score (nSPS) is 11.2. The van der Waals surface area contributed by atoms with E-state index in [9.17, 15) is 13.2 Å². The van der Waals surface area contributed by atoms with Crippen molar-refractivity contribution in [3.05, 3.63) is 63.6 Å². The van der Waals surface area contributed by atoms with Crippen LogP contribution in [0, 0.1) is 0 Å². The molecule has 9 heteroatoms. The van der Waals surface area contributed by atoms with Gasteiger partial charge in [-0.15, -0.1) is 4.83 Å². The molecule has 0 bridgehead atoms. The van der Waals surface area contributed by atoms with Crippen molar-refractivity contribution in [1.29, 1.82) is 0 Å². The molecule has 128 valence electrons. The number of carbonyl (C=O) groups is 1. The quantitative estimate of drug-likeness (QED) is 0.658. The highest BCUT2D eigenvalue weighted by Gasteiger charge is 2.19. The molecule has 1 amide bonds. The van der Waals surface area contributed by atoms with Gasteiger partial charge in [-0.05, 0) is 39.7 Å². The Kier molecular flexibility index (Phi) is 6.76. The van der Waals surface area contributed by atoms with Gasteiger partial charge in [0.2, 0.25) is 0 Å². The number of sulfonamides is 1. The molecule has 0 saturated carbocycles. The number of carbonyl (C=O) groups excluding carboxylic acids is 1. The maximum Gasteiger partial charge on any atom is 0.260 e. The number of ether oxygens (including phenoxy) is 1. The second kappa shape index (κ2) is 8.59. The van der Waals surface area contributed by atoms with E-state index in [1.807, 2.05) is 35.2 Å². The van der Waals surface area contributed by atoms with Crippen molar-refractivity contribution in [2.24, 2.45) is 0 Å². The standard InChI is InChI=1S/C15H14BrClN2O4S/c16-13-7-6-12(17)8-14(13)24(21,22)19-18-15(20)10-23-9-11-4-2-1-3-5-11/h1-8,19H,9-10H2,(H,18,20). The van der Waals surface area contributed by atoms with Gasteiger partial charge in [-0.1, -0.05) is 41.9 Å². The summed E-state index contributed by atoms with van der Waals surface area (Å²) in [6.45, 7) is -0.0328. The molecule has 0 spiro atoms. The molecule has 2 N–H and O–H groups in total. The van der Waals surface area contributed by atoms with Crippen LogP contribution in [0.1, 0.15) is 5.56 Å². The van der Waals surface area contributed by atoms with E-state index < -0.39 is 15.9 Å².